The number of carbonyl (C=O) groups excluding carboxylic acids is 2. The van der Waals surface area contributed by atoms with Gasteiger partial charge in [0.1, 0.15) is 0 Å². The molecule has 0 saturated heterocycles. The number of imidazole rings is 1. The standard InChI is InChI=1S/C7H12N2.C4H9.2CHO.Ru/c1-2-3-5-9-6-4-8-7-9;1-4(2)3;2*1-2;/h4,6-7H,2-3,5H2,1H3;1-3H3;2*1H;/q;3*-1;+3. The number of rotatable bonds is 3. The van der Waals surface area contributed by atoms with Gasteiger partial charge < -0.3 is 20.1 Å². The molecule has 1 heterocycles. The Labute approximate surface area is 124 Å². The molecule has 1 aromatic heterocycles. The molecule has 0 aromatic carbocycles. The van der Waals surface area contributed by atoms with Crippen molar-refractivity contribution in [2.45, 2.75) is 47.1 Å². The zero-order valence-electron chi connectivity index (χ0n) is 11.6. The number of hydrogen-bond donors (Lipinski definition) is 0. The first-order valence-electron chi connectivity index (χ1n) is 5.36. The van der Waals surface area contributed by atoms with Gasteiger partial charge in [0.2, 0.25) is 0 Å². The summed E-state index contributed by atoms with van der Waals surface area (Å²) in [7, 11) is 0. The molecule has 4 nitrogen and oxygen atoms in total. The predicted octanol–water partition coefficient (Wildman–Crippen LogP) is 2.75. The minimum atomic E-state index is 0. The summed E-state index contributed by atoms with van der Waals surface area (Å²) in [5.41, 5.74) is 0. The van der Waals surface area contributed by atoms with Crippen molar-refractivity contribution in [3.63, 3.8) is 0 Å². The number of unbranched alkanes of at least 4 members (excludes halogenated alkanes) is 1. The molecular weight excluding hydrogens is 317 g/mol. The van der Waals surface area contributed by atoms with Gasteiger partial charge in [0.05, 0.1) is 6.33 Å². The average Bonchev–Trinajstić information content (AvgIpc) is 2.84. The third kappa shape index (κ3) is 29.5. The summed E-state index contributed by atoms with van der Waals surface area (Å²) in [5, 5.41) is 0. The molecule has 0 aliphatic rings. The molecule has 0 spiro atoms. The van der Waals surface area contributed by atoms with E-state index in [9.17, 15) is 0 Å². The maximum atomic E-state index is 7.75. The van der Waals surface area contributed by atoms with E-state index in [0.29, 0.717) is 0 Å². The summed E-state index contributed by atoms with van der Waals surface area (Å²) in [6, 6.07) is 0. The Morgan fingerprint density at radius 3 is 1.89 bits per heavy atom. The van der Waals surface area contributed by atoms with Crippen molar-refractivity contribution < 1.29 is 29.1 Å². The van der Waals surface area contributed by atoms with Crippen LogP contribution in [0.1, 0.15) is 40.5 Å². The second-order valence-corrected chi connectivity index (χ2v) is 3.65. The average molecular weight is 340 g/mol. The van der Waals surface area contributed by atoms with Gasteiger partial charge in [-0.3, -0.25) is 13.6 Å². The van der Waals surface area contributed by atoms with E-state index in [1.165, 1.54) is 18.8 Å². The molecule has 105 valence electrons. The topological polar surface area (TPSA) is 52.0 Å². The van der Waals surface area contributed by atoms with Gasteiger partial charge >= 0.3 is 19.5 Å². The first-order valence-corrected chi connectivity index (χ1v) is 5.36. The quantitative estimate of drug-likeness (QED) is 0.483. The summed E-state index contributed by atoms with van der Waals surface area (Å²) < 4.78 is 2.10. The Kier molecular flexibility index (Phi) is 36.1. The van der Waals surface area contributed by atoms with Gasteiger partial charge in [0, 0.05) is 18.9 Å². The van der Waals surface area contributed by atoms with Crippen LogP contribution in [0.4, 0.5) is 0 Å². The largest absolute Gasteiger partial charge is 3.00 e. The van der Waals surface area contributed by atoms with Crippen LogP contribution >= 0.6 is 0 Å². The Morgan fingerprint density at radius 1 is 1.17 bits per heavy atom. The van der Waals surface area contributed by atoms with E-state index >= 15 is 0 Å². The molecule has 1 aromatic rings. The fraction of sp³-hybridized carbons (Fsp3) is 0.538. The first kappa shape index (κ1) is 25.9. The molecule has 0 aliphatic carbocycles. The van der Waals surface area contributed by atoms with Crippen LogP contribution in [0.2, 0.25) is 0 Å². The fourth-order valence-electron chi connectivity index (χ4n) is 0.760. The molecule has 0 saturated carbocycles. The van der Waals surface area contributed by atoms with Crippen LogP contribution in [0.3, 0.4) is 0 Å². The third-order valence-corrected chi connectivity index (χ3v) is 1.33. The van der Waals surface area contributed by atoms with Crippen LogP contribution in [0, 0.1) is 5.92 Å². The fourth-order valence-corrected chi connectivity index (χ4v) is 0.760. The van der Waals surface area contributed by atoms with E-state index in [0.717, 1.165) is 6.54 Å². The van der Waals surface area contributed by atoms with Crippen molar-refractivity contribution >= 4 is 13.6 Å². The van der Waals surface area contributed by atoms with E-state index < -0.39 is 0 Å². The second-order valence-electron chi connectivity index (χ2n) is 3.65. The van der Waals surface area contributed by atoms with Crippen LogP contribution in [-0.2, 0) is 35.6 Å². The third-order valence-electron chi connectivity index (χ3n) is 1.33. The molecule has 0 atom stereocenters. The van der Waals surface area contributed by atoms with E-state index in [1.54, 1.807) is 0 Å². The first-order chi connectivity index (χ1) is 8.16. The van der Waals surface area contributed by atoms with Crippen molar-refractivity contribution in [3.05, 3.63) is 24.6 Å². The van der Waals surface area contributed by atoms with Gasteiger partial charge in [-0.1, -0.05) is 13.3 Å². The van der Waals surface area contributed by atoms with Crippen molar-refractivity contribution in [2.24, 2.45) is 0 Å². The second kappa shape index (κ2) is 25.1. The zero-order valence-corrected chi connectivity index (χ0v) is 13.3. The number of aromatic nitrogens is 2. The maximum absolute atomic E-state index is 7.75. The van der Waals surface area contributed by atoms with Gasteiger partial charge in [0.15, 0.2) is 0 Å². The summed E-state index contributed by atoms with van der Waals surface area (Å²) in [6.45, 7) is 16.0. The van der Waals surface area contributed by atoms with Crippen LogP contribution in [0.5, 0.6) is 0 Å². The molecule has 5 heteroatoms. The Hall–Kier alpha value is -0.827. The van der Waals surface area contributed by atoms with Crippen molar-refractivity contribution in [1.82, 2.24) is 9.55 Å². The molecule has 0 aliphatic heterocycles. The van der Waals surface area contributed by atoms with Gasteiger partial charge in [-0.15, -0.1) is 0 Å². The van der Waals surface area contributed by atoms with Gasteiger partial charge in [-0.2, -0.15) is 20.8 Å². The van der Waals surface area contributed by atoms with E-state index in [-0.39, 0.29) is 19.5 Å². The Balaban J connectivity index is -0.0000000937. The smallest absolute Gasteiger partial charge is 0.545 e. The van der Waals surface area contributed by atoms with Crippen LogP contribution in [-0.4, -0.2) is 23.1 Å². The van der Waals surface area contributed by atoms with Crippen molar-refractivity contribution in [2.75, 3.05) is 0 Å². The van der Waals surface area contributed by atoms with Gasteiger partial charge in [0.25, 0.3) is 0 Å². The summed E-state index contributed by atoms with van der Waals surface area (Å²) >= 11 is 0. The van der Waals surface area contributed by atoms with E-state index in [2.05, 4.69) is 50.8 Å². The minimum Gasteiger partial charge on any atom is -0.545 e. The minimum absolute atomic E-state index is 0. The number of hydrogen-bond acceptors (Lipinski definition) is 3. The van der Waals surface area contributed by atoms with Crippen LogP contribution < -0.4 is 0 Å². The number of aryl methyl sites for hydroxylation is 1. The molecular formula is C13H23N2O2Ru. The monoisotopic (exact) mass is 341 g/mol. The Morgan fingerprint density at radius 2 is 1.61 bits per heavy atom. The van der Waals surface area contributed by atoms with Crippen molar-refractivity contribution in [1.29, 1.82) is 0 Å². The molecule has 0 N–H and O–H groups in total. The molecule has 1 radical (unpaired) electrons. The summed E-state index contributed by atoms with van der Waals surface area (Å²) in [5.74, 6) is 1.42. The molecule has 0 bridgehead atoms. The summed E-state index contributed by atoms with van der Waals surface area (Å²) in [4.78, 5) is 19.4. The van der Waals surface area contributed by atoms with E-state index in [1.807, 2.05) is 18.7 Å². The predicted molar refractivity (Wildman–Crippen MR) is 70.9 cm³/mol. The van der Waals surface area contributed by atoms with Crippen molar-refractivity contribution in [3.8, 4) is 0 Å². The normalized spacial score (nSPS) is 7.39. The molecule has 1 rings (SSSR count). The van der Waals surface area contributed by atoms with Gasteiger partial charge in [-0.25, -0.2) is 4.98 Å². The molecule has 18 heavy (non-hydrogen) atoms. The molecule has 0 unspecified atom stereocenters. The van der Waals surface area contributed by atoms with E-state index in [4.69, 9.17) is 9.59 Å². The Bertz CT molecular complexity index is 212. The van der Waals surface area contributed by atoms with Crippen LogP contribution in [0.25, 0.3) is 0 Å². The number of nitrogens with zero attached hydrogens (tertiary/aromatic N) is 2. The maximum Gasteiger partial charge on any atom is 3.00 e. The van der Waals surface area contributed by atoms with Gasteiger partial charge in [-0.05, 0) is 6.42 Å². The van der Waals surface area contributed by atoms with Crippen LogP contribution in [0.15, 0.2) is 18.7 Å². The molecule has 0 fully saturated rings. The SMILES string of the molecule is CCCCn1ccnc1.C[C-](C)C.[CH-]=O.[CH-]=O.[Ru+3]. The zero-order chi connectivity index (χ0) is 14.1. The summed E-state index contributed by atoms with van der Waals surface area (Å²) in [6.07, 6.45) is 8.16. The molecule has 0 amide bonds.